The SMILES string of the molecule is CN(Cc1ccn[nH]1)C(=O)c1cccc([N+](=O)[O-])c1N. The Balaban J connectivity index is 2.25. The van der Waals surface area contributed by atoms with Crippen molar-refractivity contribution in [2.75, 3.05) is 12.8 Å². The molecule has 0 fully saturated rings. The van der Waals surface area contributed by atoms with Gasteiger partial charge in [-0.2, -0.15) is 5.10 Å². The molecular formula is C12H13N5O3. The van der Waals surface area contributed by atoms with Crippen molar-refractivity contribution in [2.45, 2.75) is 6.54 Å². The van der Waals surface area contributed by atoms with E-state index in [0.717, 1.165) is 5.69 Å². The number of nitro groups is 1. The second kappa shape index (κ2) is 5.39. The summed E-state index contributed by atoms with van der Waals surface area (Å²) in [6.45, 7) is 0.307. The average molecular weight is 275 g/mol. The molecule has 8 nitrogen and oxygen atoms in total. The van der Waals surface area contributed by atoms with Crippen molar-refractivity contribution < 1.29 is 9.72 Å². The normalized spacial score (nSPS) is 10.2. The molecule has 104 valence electrons. The molecule has 2 rings (SSSR count). The minimum Gasteiger partial charge on any atom is -0.393 e. The van der Waals surface area contributed by atoms with Gasteiger partial charge in [-0.05, 0) is 12.1 Å². The maximum Gasteiger partial charge on any atom is 0.292 e. The van der Waals surface area contributed by atoms with Gasteiger partial charge in [-0.15, -0.1) is 0 Å². The lowest BCUT2D eigenvalue weighted by atomic mass is 10.1. The number of anilines is 1. The number of amides is 1. The fourth-order valence-corrected chi connectivity index (χ4v) is 1.80. The van der Waals surface area contributed by atoms with Gasteiger partial charge in [-0.3, -0.25) is 20.0 Å². The number of nitro benzene ring substituents is 1. The van der Waals surface area contributed by atoms with Gasteiger partial charge in [0.05, 0.1) is 22.7 Å². The van der Waals surface area contributed by atoms with E-state index in [1.165, 1.54) is 23.1 Å². The van der Waals surface area contributed by atoms with Crippen molar-refractivity contribution >= 4 is 17.3 Å². The molecule has 0 atom stereocenters. The summed E-state index contributed by atoms with van der Waals surface area (Å²) < 4.78 is 0. The van der Waals surface area contributed by atoms with Gasteiger partial charge in [0.1, 0.15) is 5.69 Å². The number of benzene rings is 1. The smallest absolute Gasteiger partial charge is 0.292 e. The van der Waals surface area contributed by atoms with Gasteiger partial charge in [-0.1, -0.05) is 6.07 Å². The number of aromatic nitrogens is 2. The van der Waals surface area contributed by atoms with Crippen molar-refractivity contribution in [2.24, 2.45) is 0 Å². The van der Waals surface area contributed by atoms with Crippen LogP contribution in [0.3, 0.4) is 0 Å². The van der Waals surface area contributed by atoms with Crippen LogP contribution in [0.15, 0.2) is 30.5 Å². The van der Waals surface area contributed by atoms with Crippen LogP contribution in [0.4, 0.5) is 11.4 Å². The highest BCUT2D eigenvalue weighted by Crippen LogP contribution is 2.25. The summed E-state index contributed by atoms with van der Waals surface area (Å²) in [5, 5.41) is 17.3. The average Bonchev–Trinajstić information content (AvgIpc) is 2.90. The number of nitrogen functional groups attached to an aromatic ring is 1. The van der Waals surface area contributed by atoms with E-state index in [-0.39, 0.29) is 22.8 Å². The summed E-state index contributed by atoms with van der Waals surface area (Å²) in [6.07, 6.45) is 1.58. The van der Waals surface area contributed by atoms with Crippen LogP contribution in [0, 0.1) is 10.1 Å². The van der Waals surface area contributed by atoms with E-state index in [1.807, 2.05) is 0 Å². The topological polar surface area (TPSA) is 118 Å². The number of nitrogens with one attached hydrogen (secondary N) is 1. The number of hydrogen-bond donors (Lipinski definition) is 2. The van der Waals surface area contributed by atoms with E-state index >= 15 is 0 Å². The quantitative estimate of drug-likeness (QED) is 0.493. The number of H-pyrrole nitrogens is 1. The van der Waals surface area contributed by atoms with E-state index < -0.39 is 4.92 Å². The molecule has 3 N–H and O–H groups in total. The van der Waals surface area contributed by atoms with Crippen molar-refractivity contribution in [1.82, 2.24) is 15.1 Å². The molecule has 0 spiro atoms. The number of para-hydroxylation sites is 1. The molecule has 0 radical (unpaired) electrons. The number of nitrogens with zero attached hydrogens (tertiary/aromatic N) is 3. The Morgan fingerprint density at radius 2 is 2.25 bits per heavy atom. The molecule has 1 heterocycles. The maximum atomic E-state index is 12.3. The zero-order chi connectivity index (χ0) is 14.7. The van der Waals surface area contributed by atoms with Crippen LogP contribution in [0.5, 0.6) is 0 Å². The molecule has 0 unspecified atom stereocenters. The highest BCUT2D eigenvalue weighted by atomic mass is 16.6. The van der Waals surface area contributed by atoms with Crippen molar-refractivity contribution in [3.8, 4) is 0 Å². The molecule has 0 aliphatic carbocycles. The van der Waals surface area contributed by atoms with Crippen LogP contribution in [0.2, 0.25) is 0 Å². The summed E-state index contributed by atoms with van der Waals surface area (Å²) in [4.78, 5) is 23.9. The molecule has 0 aliphatic heterocycles. The van der Waals surface area contributed by atoms with E-state index in [4.69, 9.17) is 5.73 Å². The number of carbonyl (C=O) groups is 1. The Hall–Kier alpha value is -2.90. The Morgan fingerprint density at radius 3 is 2.85 bits per heavy atom. The molecule has 8 heteroatoms. The van der Waals surface area contributed by atoms with Crippen molar-refractivity contribution in [1.29, 1.82) is 0 Å². The van der Waals surface area contributed by atoms with Gasteiger partial charge in [0.2, 0.25) is 0 Å². The van der Waals surface area contributed by atoms with Gasteiger partial charge >= 0.3 is 0 Å². The highest BCUT2D eigenvalue weighted by Gasteiger charge is 2.21. The number of aromatic amines is 1. The minimum atomic E-state index is -0.610. The number of rotatable bonds is 4. The molecule has 1 aromatic heterocycles. The Kier molecular flexibility index (Phi) is 3.65. The predicted octanol–water partition coefficient (Wildman–Crippen LogP) is 1.17. The van der Waals surface area contributed by atoms with Gasteiger partial charge in [0, 0.05) is 19.3 Å². The Bertz CT molecular complexity index is 639. The maximum absolute atomic E-state index is 12.3. The second-order valence-electron chi connectivity index (χ2n) is 4.24. The summed E-state index contributed by atoms with van der Waals surface area (Å²) >= 11 is 0. The first-order valence-electron chi connectivity index (χ1n) is 5.77. The fourth-order valence-electron chi connectivity index (χ4n) is 1.80. The predicted molar refractivity (Wildman–Crippen MR) is 71.9 cm³/mol. The number of carbonyl (C=O) groups excluding carboxylic acids is 1. The minimum absolute atomic E-state index is 0.112. The van der Waals surface area contributed by atoms with Crippen LogP contribution >= 0.6 is 0 Å². The third kappa shape index (κ3) is 2.58. The van der Waals surface area contributed by atoms with Gasteiger partial charge in [0.25, 0.3) is 11.6 Å². The summed E-state index contributed by atoms with van der Waals surface area (Å²) in [7, 11) is 1.58. The number of nitrogens with two attached hydrogens (primary N) is 1. The lowest BCUT2D eigenvalue weighted by Gasteiger charge is -2.17. The lowest BCUT2D eigenvalue weighted by Crippen LogP contribution is -2.27. The second-order valence-corrected chi connectivity index (χ2v) is 4.24. The monoisotopic (exact) mass is 275 g/mol. The standard InChI is InChI=1S/C12H13N5O3/c1-16(7-8-5-6-14-15-8)12(18)9-3-2-4-10(11(9)13)17(19)20/h2-6H,7,13H2,1H3,(H,14,15). The summed E-state index contributed by atoms with van der Waals surface area (Å²) in [6, 6.07) is 5.90. The van der Waals surface area contributed by atoms with Crippen LogP contribution in [0.25, 0.3) is 0 Å². The molecule has 1 aromatic carbocycles. The molecule has 0 saturated heterocycles. The van der Waals surface area contributed by atoms with E-state index in [9.17, 15) is 14.9 Å². The fraction of sp³-hybridized carbons (Fsp3) is 0.167. The molecule has 0 aliphatic rings. The largest absolute Gasteiger partial charge is 0.393 e. The van der Waals surface area contributed by atoms with Crippen LogP contribution in [0.1, 0.15) is 16.1 Å². The molecule has 20 heavy (non-hydrogen) atoms. The van der Waals surface area contributed by atoms with Crippen LogP contribution in [-0.2, 0) is 6.54 Å². The molecule has 0 saturated carbocycles. The van der Waals surface area contributed by atoms with Gasteiger partial charge in [0.15, 0.2) is 0 Å². The van der Waals surface area contributed by atoms with E-state index in [2.05, 4.69) is 10.2 Å². The first-order chi connectivity index (χ1) is 9.50. The summed E-state index contributed by atoms with van der Waals surface area (Å²) in [5.41, 5.74) is 6.16. The molecule has 2 aromatic rings. The molecule has 0 bridgehead atoms. The van der Waals surface area contributed by atoms with Crippen molar-refractivity contribution in [3.05, 3.63) is 51.8 Å². The molecule has 1 amide bonds. The molecular weight excluding hydrogens is 262 g/mol. The lowest BCUT2D eigenvalue weighted by molar-refractivity contribution is -0.383. The van der Waals surface area contributed by atoms with Gasteiger partial charge < -0.3 is 10.6 Å². The van der Waals surface area contributed by atoms with Gasteiger partial charge in [-0.25, -0.2) is 0 Å². The van der Waals surface area contributed by atoms with Crippen LogP contribution < -0.4 is 5.73 Å². The summed E-state index contributed by atoms with van der Waals surface area (Å²) in [5.74, 6) is -0.388. The third-order valence-corrected chi connectivity index (χ3v) is 2.82. The van der Waals surface area contributed by atoms with Crippen LogP contribution in [-0.4, -0.2) is 33.0 Å². The van der Waals surface area contributed by atoms with E-state index in [1.54, 1.807) is 19.3 Å². The van der Waals surface area contributed by atoms with E-state index in [0.29, 0.717) is 6.54 Å². The first kappa shape index (κ1) is 13.5. The first-order valence-corrected chi connectivity index (χ1v) is 5.77. The number of hydrogen-bond acceptors (Lipinski definition) is 5. The Morgan fingerprint density at radius 1 is 1.50 bits per heavy atom. The van der Waals surface area contributed by atoms with Crippen molar-refractivity contribution in [3.63, 3.8) is 0 Å². The Labute approximate surface area is 114 Å². The zero-order valence-electron chi connectivity index (χ0n) is 10.7. The zero-order valence-corrected chi connectivity index (χ0v) is 10.7. The highest BCUT2D eigenvalue weighted by molar-refractivity contribution is 6.00. The third-order valence-electron chi connectivity index (χ3n) is 2.82.